The van der Waals surface area contributed by atoms with Gasteiger partial charge in [0.05, 0.1) is 22.7 Å². The Kier molecular flexibility index (Phi) is 19.7. The van der Waals surface area contributed by atoms with Crippen molar-refractivity contribution in [3.8, 4) is 23.7 Å². The molecule has 8 heteroatoms. The number of benzene rings is 4. The van der Waals surface area contributed by atoms with Crippen LogP contribution in [0.2, 0.25) is 0 Å². The van der Waals surface area contributed by atoms with Crippen molar-refractivity contribution in [2.45, 2.75) is 103 Å². The number of rotatable bonds is 22. The zero-order valence-corrected chi connectivity index (χ0v) is 31.3. The quantitative estimate of drug-likeness (QED) is 0.0479. The van der Waals surface area contributed by atoms with Crippen molar-refractivity contribution in [3.63, 3.8) is 0 Å². The van der Waals surface area contributed by atoms with Gasteiger partial charge < -0.3 is 10.6 Å². The molecule has 0 fully saturated rings. The van der Waals surface area contributed by atoms with Gasteiger partial charge in [0.2, 0.25) is 11.8 Å². The van der Waals surface area contributed by atoms with Crippen LogP contribution in [0.4, 0.5) is 34.1 Å². The molecule has 8 nitrogen and oxygen atoms in total. The highest BCUT2D eigenvalue weighted by Gasteiger charge is 2.04. The second-order valence-electron chi connectivity index (χ2n) is 13.1. The molecule has 2 N–H and O–H groups in total. The highest BCUT2D eigenvalue weighted by molar-refractivity contribution is 5.91. The summed E-state index contributed by atoms with van der Waals surface area (Å²) in [7, 11) is 0. The van der Waals surface area contributed by atoms with Crippen LogP contribution in [-0.2, 0) is 9.59 Å². The lowest BCUT2D eigenvalue weighted by atomic mass is 10.1. The van der Waals surface area contributed by atoms with E-state index in [1.165, 1.54) is 12.8 Å². The Bertz CT molecular complexity index is 1710. The standard InChI is InChI=1S/C46H52N6O2/c53-45(47-39-31-35-43(36-32-39)51-49-41-25-19-17-20-26-41)29-23-15-13-11-9-7-5-3-1-2-4-6-8-10-12-14-16-24-30-46(54)48-40-33-37-44(38-34-40)52-50-42-27-21-18-22-28-42/h17-22,25-28,31-38H,5-16,23-24,29-30H2,(H,47,53)(H,48,54). The number of anilines is 2. The summed E-state index contributed by atoms with van der Waals surface area (Å²) in [4.78, 5) is 24.6. The van der Waals surface area contributed by atoms with Crippen LogP contribution in [-0.4, -0.2) is 11.8 Å². The van der Waals surface area contributed by atoms with Crippen LogP contribution < -0.4 is 10.6 Å². The predicted octanol–water partition coefficient (Wildman–Crippen LogP) is 13.3. The largest absolute Gasteiger partial charge is 0.326 e. The molecule has 0 aromatic heterocycles. The van der Waals surface area contributed by atoms with Crippen LogP contribution in [0.1, 0.15) is 103 Å². The number of amides is 2. The Labute approximate surface area is 321 Å². The molecule has 278 valence electrons. The molecule has 4 aromatic rings. The molecule has 4 aromatic carbocycles. The molecule has 0 saturated heterocycles. The van der Waals surface area contributed by atoms with E-state index in [2.05, 4.69) is 54.8 Å². The first-order chi connectivity index (χ1) is 26.6. The number of nitrogens with zero attached hydrogens (tertiary/aromatic N) is 4. The molecule has 0 aliphatic rings. The minimum absolute atomic E-state index is 0.0441. The summed E-state index contributed by atoms with van der Waals surface area (Å²) in [5.41, 5.74) is 4.64. The highest BCUT2D eigenvalue weighted by Crippen LogP contribution is 2.22. The first kappa shape index (κ1) is 40.9. The van der Waals surface area contributed by atoms with Gasteiger partial charge >= 0.3 is 0 Å². The van der Waals surface area contributed by atoms with Gasteiger partial charge in [-0.05, 0) is 110 Å². The third-order valence-corrected chi connectivity index (χ3v) is 8.53. The van der Waals surface area contributed by atoms with E-state index in [0.29, 0.717) is 12.8 Å². The van der Waals surface area contributed by atoms with E-state index < -0.39 is 0 Å². The molecule has 0 bridgehead atoms. The molecule has 0 aliphatic carbocycles. The monoisotopic (exact) mass is 720 g/mol. The third-order valence-electron chi connectivity index (χ3n) is 8.53. The van der Waals surface area contributed by atoms with E-state index in [9.17, 15) is 9.59 Å². The fourth-order valence-electron chi connectivity index (χ4n) is 5.52. The maximum Gasteiger partial charge on any atom is 0.224 e. The van der Waals surface area contributed by atoms with Crippen molar-refractivity contribution in [3.05, 3.63) is 109 Å². The van der Waals surface area contributed by atoms with Crippen LogP contribution in [0.25, 0.3) is 0 Å². The number of unbranched alkanes of at least 4 members (excludes halogenated alkanes) is 12. The van der Waals surface area contributed by atoms with Gasteiger partial charge in [-0.15, -0.1) is 0 Å². The molecule has 0 heterocycles. The number of hydrogen-bond donors (Lipinski definition) is 2. The zero-order valence-electron chi connectivity index (χ0n) is 31.3. The lowest BCUT2D eigenvalue weighted by molar-refractivity contribution is -0.117. The van der Waals surface area contributed by atoms with Crippen molar-refractivity contribution < 1.29 is 9.59 Å². The molecule has 0 spiro atoms. The Morgan fingerprint density at radius 3 is 1.07 bits per heavy atom. The van der Waals surface area contributed by atoms with Gasteiger partial charge in [0, 0.05) is 37.1 Å². The minimum atomic E-state index is 0.0441. The van der Waals surface area contributed by atoms with E-state index in [1.54, 1.807) is 0 Å². The summed E-state index contributed by atoms with van der Waals surface area (Å²) < 4.78 is 0. The smallest absolute Gasteiger partial charge is 0.224 e. The average Bonchev–Trinajstić information content (AvgIpc) is 3.20. The van der Waals surface area contributed by atoms with Gasteiger partial charge in [0.1, 0.15) is 0 Å². The summed E-state index contributed by atoms with van der Waals surface area (Å²) in [6.07, 6.45) is 15.8. The number of carbonyl (C=O) groups excluding carboxylic acids is 2. The van der Waals surface area contributed by atoms with Gasteiger partial charge in [-0.25, -0.2) is 0 Å². The summed E-state index contributed by atoms with van der Waals surface area (Å²) >= 11 is 0. The Balaban J connectivity index is 0.898. The maximum absolute atomic E-state index is 12.3. The van der Waals surface area contributed by atoms with Crippen molar-refractivity contribution in [1.29, 1.82) is 0 Å². The van der Waals surface area contributed by atoms with Gasteiger partial charge in [0.25, 0.3) is 0 Å². The molecule has 0 radical (unpaired) electrons. The molecule has 0 unspecified atom stereocenters. The molecule has 54 heavy (non-hydrogen) atoms. The number of carbonyl (C=O) groups is 2. The molecular weight excluding hydrogens is 669 g/mol. The second kappa shape index (κ2) is 26.0. The van der Waals surface area contributed by atoms with Crippen LogP contribution in [0.5, 0.6) is 0 Å². The zero-order chi connectivity index (χ0) is 37.7. The van der Waals surface area contributed by atoms with Crippen LogP contribution in [0.15, 0.2) is 130 Å². The second-order valence-corrected chi connectivity index (χ2v) is 13.1. The number of azo groups is 2. The molecule has 0 saturated carbocycles. The van der Waals surface area contributed by atoms with E-state index in [1.807, 2.05) is 109 Å². The Morgan fingerprint density at radius 2 is 0.704 bits per heavy atom. The van der Waals surface area contributed by atoms with Crippen molar-refractivity contribution in [2.75, 3.05) is 10.6 Å². The summed E-state index contributed by atoms with van der Waals surface area (Å²) in [6, 6.07) is 34.0. The Morgan fingerprint density at radius 1 is 0.389 bits per heavy atom. The summed E-state index contributed by atoms with van der Waals surface area (Å²) in [6.45, 7) is 0. The Hall–Kier alpha value is -5.86. The van der Waals surface area contributed by atoms with E-state index in [4.69, 9.17) is 0 Å². The molecule has 4 rings (SSSR count). The summed E-state index contributed by atoms with van der Waals surface area (Å²) in [5.74, 6) is 12.4. The van der Waals surface area contributed by atoms with Gasteiger partial charge in [-0.3, -0.25) is 9.59 Å². The molecule has 0 atom stereocenters. The van der Waals surface area contributed by atoms with Crippen molar-refractivity contribution in [1.82, 2.24) is 0 Å². The van der Waals surface area contributed by atoms with Crippen molar-refractivity contribution in [2.24, 2.45) is 20.5 Å². The van der Waals surface area contributed by atoms with Crippen LogP contribution in [0.3, 0.4) is 0 Å². The summed E-state index contributed by atoms with van der Waals surface area (Å²) in [5, 5.41) is 22.8. The maximum atomic E-state index is 12.3. The van der Waals surface area contributed by atoms with Gasteiger partial charge in [-0.1, -0.05) is 99.6 Å². The first-order valence-electron chi connectivity index (χ1n) is 19.3. The van der Waals surface area contributed by atoms with Gasteiger partial charge in [-0.2, -0.15) is 20.5 Å². The lowest BCUT2D eigenvalue weighted by Crippen LogP contribution is -2.10. The lowest BCUT2D eigenvalue weighted by Gasteiger charge is -2.05. The highest BCUT2D eigenvalue weighted by atomic mass is 16.2. The first-order valence-corrected chi connectivity index (χ1v) is 19.3. The molecule has 2 amide bonds. The average molecular weight is 721 g/mol. The fraction of sp³-hybridized carbons (Fsp3) is 0.348. The third kappa shape index (κ3) is 18.6. The molecule has 0 aliphatic heterocycles. The van der Waals surface area contributed by atoms with E-state index in [-0.39, 0.29) is 11.8 Å². The normalized spacial score (nSPS) is 10.7. The predicted molar refractivity (Wildman–Crippen MR) is 221 cm³/mol. The van der Waals surface area contributed by atoms with Crippen LogP contribution in [0, 0.1) is 23.7 Å². The molecular formula is C46H52N6O2. The van der Waals surface area contributed by atoms with Gasteiger partial charge in [0.15, 0.2) is 0 Å². The topological polar surface area (TPSA) is 108 Å². The number of hydrogen-bond acceptors (Lipinski definition) is 6. The van der Waals surface area contributed by atoms with Crippen LogP contribution >= 0.6 is 0 Å². The van der Waals surface area contributed by atoms with E-state index in [0.717, 1.165) is 111 Å². The SMILES string of the molecule is O=C(CCCCCCCCC#CC#CCCCCCCCCC(=O)Nc1ccc(N=Nc2ccccc2)cc1)Nc1ccc(N=Nc2ccccc2)cc1. The minimum Gasteiger partial charge on any atom is -0.326 e. The van der Waals surface area contributed by atoms with Crippen molar-refractivity contribution >= 4 is 45.9 Å². The fourth-order valence-corrected chi connectivity index (χ4v) is 5.52. The van der Waals surface area contributed by atoms with E-state index >= 15 is 0 Å². The number of nitrogens with one attached hydrogen (secondary N) is 2.